The Morgan fingerprint density at radius 2 is 1.51 bits per heavy atom. The van der Waals surface area contributed by atoms with Crippen molar-refractivity contribution in [3.8, 4) is 0 Å². The lowest BCUT2D eigenvalue weighted by Gasteiger charge is -2.61. The van der Waals surface area contributed by atoms with Crippen molar-refractivity contribution in [1.29, 1.82) is 0 Å². The number of piperidine rings is 2. The van der Waals surface area contributed by atoms with E-state index >= 15 is 0 Å². The van der Waals surface area contributed by atoms with Gasteiger partial charge in [0.2, 0.25) is 11.8 Å². The van der Waals surface area contributed by atoms with Crippen LogP contribution in [0.25, 0.3) is 0 Å². The van der Waals surface area contributed by atoms with E-state index in [9.17, 15) is 9.59 Å². The van der Waals surface area contributed by atoms with Crippen molar-refractivity contribution < 1.29 is 18.9 Å². The fourth-order valence-corrected chi connectivity index (χ4v) is 9.10. The molecule has 0 unspecified atom stereocenters. The molecule has 0 N–H and O–H groups in total. The number of rotatable bonds is 4. The predicted molar refractivity (Wildman–Crippen MR) is 159 cm³/mol. The first-order chi connectivity index (χ1) is 19.5. The van der Waals surface area contributed by atoms with Gasteiger partial charge in [0.1, 0.15) is 0 Å². The Bertz CT molecular complexity index is 1240. The summed E-state index contributed by atoms with van der Waals surface area (Å²) in [6.45, 7) is 12.1. The van der Waals surface area contributed by atoms with Crippen LogP contribution >= 0.6 is 0 Å². The smallest absolute Gasteiger partial charge is 0.399 e. The SMILES string of the molecule is CC1(C)OB(c2ccc3c(c2)N([C@H]2C[C@@H](N4CCCCC4)C2)C(=O)C32CCN(C(=O)C34CC(C3)C4)CC2)OC1(C)C. The summed E-state index contributed by atoms with van der Waals surface area (Å²) < 4.78 is 12.8. The van der Waals surface area contributed by atoms with E-state index < -0.39 is 23.7 Å². The highest BCUT2D eigenvalue weighted by atomic mass is 16.7. The van der Waals surface area contributed by atoms with Crippen molar-refractivity contribution in [3.05, 3.63) is 23.8 Å². The summed E-state index contributed by atoms with van der Waals surface area (Å²) in [6.07, 6.45) is 10.7. The van der Waals surface area contributed by atoms with Gasteiger partial charge in [-0.05, 0) is 122 Å². The summed E-state index contributed by atoms with van der Waals surface area (Å²) in [5.41, 5.74) is 1.79. The van der Waals surface area contributed by atoms with Gasteiger partial charge in [0.15, 0.2) is 0 Å². The third-order valence-electron chi connectivity index (χ3n) is 12.7. The highest BCUT2D eigenvalue weighted by molar-refractivity contribution is 6.62. The van der Waals surface area contributed by atoms with Crippen LogP contribution in [-0.4, -0.2) is 78.2 Å². The Kier molecular flexibility index (Phi) is 5.75. The average Bonchev–Trinajstić information content (AvgIpc) is 3.23. The summed E-state index contributed by atoms with van der Waals surface area (Å²) in [7, 11) is -0.450. The van der Waals surface area contributed by atoms with E-state index in [1.54, 1.807) is 0 Å². The van der Waals surface area contributed by atoms with E-state index in [0.717, 1.165) is 67.6 Å². The van der Waals surface area contributed by atoms with E-state index in [-0.39, 0.29) is 17.4 Å². The molecule has 8 heteroatoms. The minimum atomic E-state index is -0.532. The van der Waals surface area contributed by atoms with Crippen LogP contribution in [0.3, 0.4) is 0 Å². The van der Waals surface area contributed by atoms with E-state index in [4.69, 9.17) is 9.31 Å². The number of carbonyl (C=O) groups excluding carboxylic acids is 2. The number of amides is 2. The van der Waals surface area contributed by atoms with E-state index in [0.29, 0.717) is 25.0 Å². The number of hydrogen-bond acceptors (Lipinski definition) is 5. The molecular weight excluding hydrogens is 513 g/mol. The lowest BCUT2D eigenvalue weighted by molar-refractivity contribution is -0.178. The van der Waals surface area contributed by atoms with Gasteiger partial charge in [-0.25, -0.2) is 0 Å². The number of carbonyl (C=O) groups is 2. The number of likely N-dealkylation sites (tertiary alicyclic amines) is 2. The predicted octanol–water partition coefficient (Wildman–Crippen LogP) is 4.01. The van der Waals surface area contributed by atoms with Crippen LogP contribution in [0.2, 0.25) is 0 Å². The summed E-state index contributed by atoms with van der Waals surface area (Å²) in [5.74, 6) is 1.41. The van der Waals surface area contributed by atoms with Crippen molar-refractivity contribution in [1.82, 2.24) is 9.80 Å². The molecule has 41 heavy (non-hydrogen) atoms. The van der Waals surface area contributed by atoms with Crippen molar-refractivity contribution in [3.63, 3.8) is 0 Å². The standard InChI is InChI=1S/C33H46BN3O4/c1-30(2)31(3,4)41-34(40-30)23-8-9-26-27(16-23)37(25-17-24(18-25)35-12-6-5-7-13-35)29(39)33(26)10-14-36(15-11-33)28(38)32-19-22(20-32)21-32/h8-9,16,22,24-25H,5-7,10-15,17-21H2,1-4H3/t22?,24-,25+,32?. The molecule has 4 aliphatic heterocycles. The fraction of sp³-hybridized carbons (Fsp3) is 0.758. The zero-order valence-electron chi connectivity index (χ0n) is 25.4. The Morgan fingerprint density at radius 3 is 2.10 bits per heavy atom. The lowest BCUT2D eigenvalue weighted by Crippen LogP contribution is -2.63. The summed E-state index contributed by atoms with van der Waals surface area (Å²) in [5, 5.41) is 0. The molecule has 7 nitrogen and oxygen atoms in total. The second-order valence-electron chi connectivity index (χ2n) is 15.5. The van der Waals surface area contributed by atoms with Gasteiger partial charge in [-0.3, -0.25) is 9.59 Å². The van der Waals surface area contributed by atoms with Crippen LogP contribution in [0.1, 0.15) is 97.5 Å². The zero-order chi connectivity index (χ0) is 28.4. The summed E-state index contributed by atoms with van der Waals surface area (Å²) in [4.78, 5) is 34.9. The van der Waals surface area contributed by atoms with E-state index in [2.05, 4.69) is 60.6 Å². The van der Waals surface area contributed by atoms with Crippen LogP contribution < -0.4 is 10.4 Å². The van der Waals surface area contributed by atoms with Gasteiger partial charge >= 0.3 is 7.12 Å². The van der Waals surface area contributed by atoms with E-state index in [1.165, 1.54) is 32.4 Å². The van der Waals surface area contributed by atoms with Gasteiger partial charge in [0.25, 0.3) is 0 Å². The molecule has 0 radical (unpaired) electrons. The third-order valence-corrected chi connectivity index (χ3v) is 12.7. The molecule has 2 bridgehead atoms. The Hall–Kier alpha value is -1.90. The minimum absolute atomic E-state index is 0.0497. The number of benzene rings is 1. The largest absolute Gasteiger partial charge is 0.494 e. The molecule has 7 fully saturated rings. The molecule has 1 aromatic rings. The molecule has 220 valence electrons. The molecule has 3 saturated heterocycles. The highest BCUT2D eigenvalue weighted by Gasteiger charge is 2.63. The van der Waals surface area contributed by atoms with Crippen LogP contribution in [-0.2, 0) is 24.3 Å². The molecule has 4 saturated carbocycles. The van der Waals surface area contributed by atoms with Gasteiger partial charge in [-0.15, -0.1) is 0 Å². The van der Waals surface area contributed by atoms with Crippen molar-refractivity contribution in [2.45, 2.75) is 121 Å². The fourth-order valence-electron chi connectivity index (χ4n) is 9.10. The van der Waals surface area contributed by atoms with Gasteiger partial charge in [0.05, 0.1) is 22.0 Å². The molecule has 1 spiro atoms. The summed E-state index contributed by atoms with van der Waals surface area (Å²) >= 11 is 0. The minimum Gasteiger partial charge on any atom is -0.399 e. The molecule has 0 atom stereocenters. The first kappa shape index (κ1) is 26.7. The number of hydrogen-bond donors (Lipinski definition) is 0. The maximum atomic E-state index is 14.6. The second kappa shape index (κ2) is 8.82. The van der Waals surface area contributed by atoms with Gasteiger partial charge < -0.3 is 24.0 Å². The molecule has 2 amide bonds. The maximum Gasteiger partial charge on any atom is 0.494 e. The van der Waals surface area contributed by atoms with Crippen LogP contribution in [0.15, 0.2) is 18.2 Å². The van der Waals surface area contributed by atoms with Crippen LogP contribution in [0.4, 0.5) is 5.69 Å². The summed E-state index contributed by atoms with van der Waals surface area (Å²) in [6, 6.07) is 7.33. The molecule has 0 aromatic heterocycles. The first-order valence-corrected chi connectivity index (χ1v) is 16.4. The van der Waals surface area contributed by atoms with E-state index in [1.807, 2.05) is 0 Å². The number of fused-ring (bicyclic) bond motifs is 2. The highest BCUT2D eigenvalue weighted by Crippen LogP contribution is 2.65. The van der Waals surface area contributed by atoms with Gasteiger partial charge in [0, 0.05) is 30.9 Å². The number of nitrogens with zero attached hydrogens (tertiary/aromatic N) is 3. The molecule has 4 aliphatic carbocycles. The van der Waals surface area contributed by atoms with Crippen molar-refractivity contribution >= 4 is 30.1 Å². The maximum absolute atomic E-state index is 14.6. The number of anilines is 1. The van der Waals surface area contributed by atoms with Gasteiger partial charge in [-0.1, -0.05) is 18.6 Å². The van der Waals surface area contributed by atoms with Crippen LogP contribution in [0, 0.1) is 11.3 Å². The second-order valence-corrected chi connectivity index (χ2v) is 15.5. The normalized spacial score (nSPS) is 36.5. The average molecular weight is 560 g/mol. The Labute approximate surface area is 245 Å². The van der Waals surface area contributed by atoms with Gasteiger partial charge in [-0.2, -0.15) is 0 Å². The zero-order valence-corrected chi connectivity index (χ0v) is 25.4. The van der Waals surface area contributed by atoms with Crippen molar-refractivity contribution in [2.75, 3.05) is 31.1 Å². The molecule has 8 aliphatic rings. The van der Waals surface area contributed by atoms with Crippen molar-refractivity contribution in [2.24, 2.45) is 11.3 Å². The molecule has 4 heterocycles. The molecular formula is C33H46BN3O4. The third kappa shape index (κ3) is 3.75. The first-order valence-electron chi connectivity index (χ1n) is 16.4. The lowest BCUT2D eigenvalue weighted by atomic mass is 9.44. The quantitative estimate of drug-likeness (QED) is 0.522. The monoisotopic (exact) mass is 559 g/mol. The Balaban J connectivity index is 1.08. The van der Waals surface area contributed by atoms with Crippen LogP contribution in [0.5, 0.6) is 0 Å². The molecule has 1 aromatic carbocycles. The molecule has 9 rings (SSSR count). The topological polar surface area (TPSA) is 62.3 Å². The Morgan fingerprint density at radius 1 is 0.878 bits per heavy atom.